The van der Waals surface area contributed by atoms with Crippen molar-refractivity contribution < 1.29 is 28.6 Å². The van der Waals surface area contributed by atoms with Crippen molar-refractivity contribution in [3.8, 4) is 11.5 Å². The van der Waals surface area contributed by atoms with Crippen molar-refractivity contribution in [2.75, 3.05) is 27.9 Å². The van der Waals surface area contributed by atoms with Crippen molar-refractivity contribution in [3.63, 3.8) is 0 Å². The lowest BCUT2D eigenvalue weighted by atomic mass is 10.1. The Kier molecular flexibility index (Phi) is 5.74. The second-order valence-corrected chi connectivity index (χ2v) is 5.97. The lowest BCUT2D eigenvalue weighted by Crippen LogP contribution is -2.34. The summed E-state index contributed by atoms with van der Waals surface area (Å²) in [7, 11) is 4.13. The van der Waals surface area contributed by atoms with Gasteiger partial charge in [0.25, 0.3) is 11.1 Å². The summed E-state index contributed by atoms with van der Waals surface area (Å²) in [4.78, 5) is 36.4. The molecule has 1 aliphatic rings. The first-order chi connectivity index (χ1) is 11.4. The lowest BCUT2D eigenvalue weighted by Gasteiger charge is -2.10. The minimum Gasteiger partial charge on any atom is -0.493 e. The third kappa shape index (κ3) is 3.65. The molecule has 2 rings (SSSR count). The van der Waals surface area contributed by atoms with Crippen LogP contribution < -0.4 is 9.47 Å². The molecule has 2 amide bonds. The highest BCUT2D eigenvalue weighted by atomic mass is 35.5. The zero-order valence-electron chi connectivity index (χ0n) is 13.1. The Bertz CT molecular complexity index is 733. The van der Waals surface area contributed by atoms with E-state index in [1.807, 2.05) is 0 Å². The Labute approximate surface area is 147 Å². The summed E-state index contributed by atoms with van der Waals surface area (Å²) >= 11 is 6.89. The van der Waals surface area contributed by atoms with E-state index in [1.165, 1.54) is 27.4 Å². The van der Waals surface area contributed by atoms with Crippen molar-refractivity contribution >= 4 is 46.6 Å². The van der Waals surface area contributed by atoms with Crippen LogP contribution in [-0.2, 0) is 14.3 Å². The van der Waals surface area contributed by atoms with E-state index in [0.717, 1.165) is 16.7 Å². The minimum atomic E-state index is -0.678. The Morgan fingerprint density at radius 3 is 2.42 bits per heavy atom. The summed E-state index contributed by atoms with van der Waals surface area (Å²) in [5, 5.41) is -0.222. The molecule has 7 nitrogen and oxygen atoms in total. The number of hydrogen-bond donors (Lipinski definition) is 0. The maximum Gasteiger partial charge on any atom is 0.325 e. The fourth-order valence-corrected chi connectivity index (χ4v) is 2.99. The molecule has 0 N–H and O–H groups in total. The quantitative estimate of drug-likeness (QED) is 0.581. The van der Waals surface area contributed by atoms with Gasteiger partial charge in [0.05, 0.1) is 31.3 Å². The van der Waals surface area contributed by atoms with Crippen LogP contribution in [0.1, 0.15) is 5.56 Å². The summed E-state index contributed by atoms with van der Waals surface area (Å²) in [6.07, 6.45) is 1.46. The van der Waals surface area contributed by atoms with Crippen LogP contribution in [0.3, 0.4) is 0 Å². The Balaban J connectivity index is 2.34. The molecule has 1 aliphatic heterocycles. The smallest absolute Gasteiger partial charge is 0.325 e. The summed E-state index contributed by atoms with van der Waals surface area (Å²) in [6, 6.07) is 3.14. The van der Waals surface area contributed by atoms with Crippen LogP contribution in [0.4, 0.5) is 4.79 Å². The molecule has 0 aliphatic carbocycles. The lowest BCUT2D eigenvalue weighted by molar-refractivity contribution is -0.143. The van der Waals surface area contributed by atoms with E-state index >= 15 is 0 Å². The molecular formula is C15H14ClNO6S. The zero-order chi connectivity index (χ0) is 17.9. The summed E-state index contributed by atoms with van der Waals surface area (Å²) in [5.41, 5.74) is 0.484. The zero-order valence-corrected chi connectivity index (χ0v) is 14.7. The van der Waals surface area contributed by atoms with Crippen molar-refractivity contribution in [2.45, 2.75) is 0 Å². The Hall–Kier alpha value is -2.19. The molecule has 0 bridgehead atoms. The van der Waals surface area contributed by atoms with Gasteiger partial charge in [-0.05, 0) is 29.5 Å². The van der Waals surface area contributed by atoms with E-state index in [-0.39, 0.29) is 4.91 Å². The van der Waals surface area contributed by atoms with Crippen molar-refractivity contribution in [3.05, 3.63) is 27.6 Å². The first-order valence-electron chi connectivity index (χ1n) is 6.65. The van der Waals surface area contributed by atoms with Gasteiger partial charge in [-0.3, -0.25) is 19.3 Å². The number of carbonyl (C=O) groups excluding carboxylic acids is 3. The van der Waals surface area contributed by atoms with Crippen LogP contribution in [0.5, 0.6) is 11.5 Å². The number of esters is 1. The molecule has 0 spiro atoms. The molecule has 1 saturated heterocycles. The minimum absolute atomic E-state index is 0.151. The van der Waals surface area contributed by atoms with Gasteiger partial charge in [0.15, 0.2) is 11.5 Å². The number of amides is 2. The second-order valence-electron chi connectivity index (χ2n) is 4.57. The standard InChI is InChI=1S/C15H14ClNO6S/c1-21-10-4-8(9(16)6-11(10)22-2)5-12-14(19)17(15(20)24-12)7-13(18)23-3/h4-6H,7H2,1-3H3. The molecule has 1 heterocycles. The third-order valence-electron chi connectivity index (χ3n) is 3.18. The molecule has 128 valence electrons. The van der Waals surface area contributed by atoms with Gasteiger partial charge < -0.3 is 14.2 Å². The van der Waals surface area contributed by atoms with Gasteiger partial charge in [-0.1, -0.05) is 11.6 Å². The predicted octanol–water partition coefficient (Wildman–Crippen LogP) is 2.57. The molecule has 1 aromatic carbocycles. The maximum atomic E-state index is 12.3. The van der Waals surface area contributed by atoms with Gasteiger partial charge in [0.2, 0.25) is 0 Å². The number of nitrogens with zero attached hydrogens (tertiary/aromatic N) is 1. The normalized spacial score (nSPS) is 15.8. The predicted molar refractivity (Wildman–Crippen MR) is 89.2 cm³/mol. The van der Waals surface area contributed by atoms with E-state index in [1.54, 1.807) is 12.1 Å². The number of imide groups is 1. The van der Waals surface area contributed by atoms with Gasteiger partial charge in [-0.15, -0.1) is 0 Å². The summed E-state index contributed by atoms with van der Waals surface area (Å²) in [5.74, 6) is -0.385. The molecule has 0 saturated carbocycles. The molecule has 24 heavy (non-hydrogen) atoms. The number of ether oxygens (including phenoxy) is 3. The molecule has 1 fully saturated rings. The van der Waals surface area contributed by atoms with E-state index in [2.05, 4.69) is 4.74 Å². The highest BCUT2D eigenvalue weighted by Gasteiger charge is 2.36. The monoisotopic (exact) mass is 371 g/mol. The Morgan fingerprint density at radius 2 is 1.83 bits per heavy atom. The van der Waals surface area contributed by atoms with E-state index < -0.39 is 23.7 Å². The van der Waals surface area contributed by atoms with Crippen LogP contribution in [-0.4, -0.2) is 49.9 Å². The molecule has 0 radical (unpaired) electrons. The van der Waals surface area contributed by atoms with Crippen LogP contribution in [0.2, 0.25) is 5.02 Å². The molecule has 0 aromatic heterocycles. The molecular weight excluding hydrogens is 358 g/mol. The molecule has 9 heteroatoms. The van der Waals surface area contributed by atoms with Gasteiger partial charge in [0.1, 0.15) is 6.54 Å². The van der Waals surface area contributed by atoms with Crippen molar-refractivity contribution in [1.82, 2.24) is 4.90 Å². The van der Waals surface area contributed by atoms with Crippen LogP contribution in [0.15, 0.2) is 17.0 Å². The average Bonchev–Trinajstić information content (AvgIpc) is 2.83. The van der Waals surface area contributed by atoms with Crippen LogP contribution in [0.25, 0.3) is 6.08 Å². The topological polar surface area (TPSA) is 82.1 Å². The van der Waals surface area contributed by atoms with E-state index in [0.29, 0.717) is 22.1 Å². The second kappa shape index (κ2) is 7.59. The number of halogens is 1. The van der Waals surface area contributed by atoms with Crippen molar-refractivity contribution in [1.29, 1.82) is 0 Å². The molecule has 0 atom stereocenters. The third-order valence-corrected chi connectivity index (χ3v) is 4.41. The highest BCUT2D eigenvalue weighted by molar-refractivity contribution is 8.18. The van der Waals surface area contributed by atoms with Crippen molar-refractivity contribution in [2.24, 2.45) is 0 Å². The van der Waals surface area contributed by atoms with E-state index in [4.69, 9.17) is 21.1 Å². The van der Waals surface area contributed by atoms with Gasteiger partial charge in [0, 0.05) is 6.07 Å². The molecule has 1 aromatic rings. The van der Waals surface area contributed by atoms with Gasteiger partial charge in [-0.2, -0.15) is 0 Å². The number of rotatable bonds is 5. The largest absolute Gasteiger partial charge is 0.493 e. The summed E-state index contributed by atoms with van der Waals surface area (Å²) in [6.45, 7) is -0.432. The maximum absolute atomic E-state index is 12.3. The summed E-state index contributed by atoms with van der Waals surface area (Å²) < 4.78 is 14.8. The first kappa shape index (κ1) is 18.2. The average molecular weight is 372 g/mol. The fourth-order valence-electron chi connectivity index (χ4n) is 1.95. The van der Waals surface area contributed by atoms with Gasteiger partial charge in [-0.25, -0.2) is 0 Å². The van der Waals surface area contributed by atoms with Gasteiger partial charge >= 0.3 is 5.97 Å². The number of hydrogen-bond acceptors (Lipinski definition) is 7. The first-order valence-corrected chi connectivity index (χ1v) is 7.84. The Morgan fingerprint density at radius 1 is 1.21 bits per heavy atom. The highest BCUT2D eigenvalue weighted by Crippen LogP contribution is 2.37. The fraction of sp³-hybridized carbons (Fsp3) is 0.267. The number of carbonyl (C=O) groups is 3. The van der Waals surface area contributed by atoms with Crippen LogP contribution >= 0.6 is 23.4 Å². The SMILES string of the molecule is COC(=O)CN1C(=O)SC(=Cc2cc(OC)c(OC)cc2Cl)C1=O. The number of methoxy groups -OCH3 is 3. The molecule has 0 unspecified atom stereocenters. The number of benzene rings is 1. The van der Waals surface area contributed by atoms with Crippen LogP contribution in [0, 0.1) is 0 Å². The number of thioether (sulfide) groups is 1. The van der Waals surface area contributed by atoms with E-state index in [9.17, 15) is 14.4 Å².